The second-order valence-electron chi connectivity index (χ2n) is 10.4. The lowest BCUT2D eigenvalue weighted by molar-refractivity contribution is -0.148. The molecular formula is C28H36O5. The number of ketones is 2. The fourth-order valence-corrected chi connectivity index (χ4v) is 3.35. The normalized spacial score (nSPS) is 12.7. The van der Waals surface area contributed by atoms with Crippen molar-refractivity contribution in [3.63, 3.8) is 0 Å². The van der Waals surface area contributed by atoms with E-state index in [1.165, 1.54) is 12.5 Å². The van der Waals surface area contributed by atoms with Crippen LogP contribution in [0, 0.1) is 5.92 Å². The molecule has 1 atom stereocenters. The minimum absolute atomic E-state index is 0.0306. The summed E-state index contributed by atoms with van der Waals surface area (Å²) in [5, 5.41) is 0. The first-order valence-corrected chi connectivity index (χ1v) is 11.4. The second-order valence-corrected chi connectivity index (χ2v) is 10.4. The van der Waals surface area contributed by atoms with E-state index in [9.17, 15) is 14.4 Å². The summed E-state index contributed by atoms with van der Waals surface area (Å²) in [6.07, 6.45) is 0.458. The molecule has 0 aliphatic carbocycles. The first kappa shape index (κ1) is 26.3. The molecule has 0 bridgehead atoms. The summed E-state index contributed by atoms with van der Waals surface area (Å²) in [5.74, 6) is -2.20. The molecule has 1 unspecified atom stereocenters. The number of Topliss-reactive ketones (excluding diaryl/α,β-unsaturated/α-hetero) is 2. The minimum Gasteiger partial charge on any atom is -0.494 e. The molecule has 0 radical (unpaired) electrons. The molecule has 0 fully saturated rings. The van der Waals surface area contributed by atoms with Crippen LogP contribution in [0.5, 0.6) is 11.5 Å². The topological polar surface area (TPSA) is 69.7 Å². The Morgan fingerprint density at radius 2 is 1.21 bits per heavy atom. The lowest BCUT2D eigenvalue weighted by Gasteiger charge is -2.19. The standard InChI is InChI=1S/C28H36O5/c1-19(29)25(26(31)33-23-16-12-21(13-17-23)28(5,6)7)24(30)9-8-18-32-22-14-10-20(11-15-22)27(2,3)4/h10-17,25H,8-9,18H2,1-7H3. The Labute approximate surface area is 197 Å². The van der Waals surface area contributed by atoms with Crippen LogP contribution in [0.25, 0.3) is 0 Å². The van der Waals surface area contributed by atoms with Crippen molar-refractivity contribution in [3.8, 4) is 11.5 Å². The van der Waals surface area contributed by atoms with Crippen LogP contribution in [0.15, 0.2) is 48.5 Å². The number of hydrogen-bond acceptors (Lipinski definition) is 5. The van der Waals surface area contributed by atoms with Gasteiger partial charge in [-0.15, -0.1) is 0 Å². The highest BCUT2D eigenvalue weighted by molar-refractivity contribution is 6.16. The average molecular weight is 453 g/mol. The smallest absolute Gasteiger partial charge is 0.329 e. The van der Waals surface area contributed by atoms with Crippen LogP contribution in [0.1, 0.15) is 72.4 Å². The number of carbonyl (C=O) groups is 3. The molecule has 5 nitrogen and oxygen atoms in total. The first-order chi connectivity index (χ1) is 15.3. The highest BCUT2D eigenvalue weighted by Gasteiger charge is 2.32. The lowest BCUT2D eigenvalue weighted by atomic mass is 9.87. The van der Waals surface area contributed by atoms with Gasteiger partial charge >= 0.3 is 5.97 Å². The summed E-state index contributed by atoms with van der Waals surface area (Å²) in [4.78, 5) is 37.2. The van der Waals surface area contributed by atoms with Gasteiger partial charge < -0.3 is 9.47 Å². The van der Waals surface area contributed by atoms with Crippen molar-refractivity contribution in [2.24, 2.45) is 5.92 Å². The van der Waals surface area contributed by atoms with Crippen molar-refractivity contribution in [2.75, 3.05) is 6.61 Å². The molecule has 5 heteroatoms. The van der Waals surface area contributed by atoms with E-state index in [0.29, 0.717) is 18.8 Å². The molecule has 2 rings (SSSR count). The zero-order chi connectivity index (χ0) is 24.8. The third kappa shape index (κ3) is 7.85. The SMILES string of the molecule is CC(=O)C(C(=O)CCCOc1ccc(C(C)(C)C)cc1)C(=O)Oc1ccc(C(C)(C)C)cc1. The highest BCUT2D eigenvalue weighted by atomic mass is 16.5. The third-order valence-corrected chi connectivity index (χ3v) is 5.46. The Morgan fingerprint density at radius 1 is 0.758 bits per heavy atom. The predicted octanol–water partition coefficient (Wildman–Crippen LogP) is 5.82. The van der Waals surface area contributed by atoms with Crippen LogP contribution in [0.2, 0.25) is 0 Å². The molecule has 2 aromatic carbocycles. The number of benzene rings is 2. The number of carbonyl (C=O) groups excluding carboxylic acids is 3. The Kier molecular flexibility index (Phi) is 8.59. The van der Waals surface area contributed by atoms with Gasteiger partial charge in [-0.2, -0.15) is 0 Å². The Bertz CT molecular complexity index is 957. The fraction of sp³-hybridized carbons (Fsp3) is 0.464. The fourth-order valence-electron chi connectivity index (χ4n) is 3.35. The lowest BCUT2D eigenvalue weighted by Crippen LogP contribution is -2.33. The maximum atomic E-state index is 12.6. The molecule has 33 heavy (non-hydrogen) atoms. The van der Waals surface area contributed by atoms with Gasteiger partial charge in [0.1, 0.15) is 11.5 Å². The predicted molar refractivity (Wildman–Crippen MR) is 130 cm³/mol. The molecule has 0 aliphatic heterocycles. The van der Waals surface area contributed by atoms with Gasteiger partial charge in [0.05, 0.1) is 6.61 Å². The summed E-state index contributed by atoms with van der Waals surface area (Å²) in [6.45, 7) is 14.2. The summed E-state index contributed by atoms with van der Waals surface area (Å²) >= 11 is 0. The van der Waals surface area contributed by atoms with E-state index in [1.54, 1.807) is 12.1 Å². The van der Waals surface area contributed by atoms with Crippen molar-refractivity contribution < 1.29 is 23.9 Å². The first-order valence-electron chi connectivity index (χ1n) is 11.4. The van der Waals surface area contributed by atoms with Gasteiger partial charge in [0, 0.05) is 6.42 Å². The minimum atomic E-state index is -1.42. The maximum Gasteiger partial charge on any atom is 0.329 e. The van der Waals surface area contributed by atoms with Crippen LogP contribution < -0.4 is 9.47 Å². The van der Waals surface area contributed by atoms with Gasteiger partial charge in [-0.25, -0.2) is 0 Å². The number of ether oxygens (including phenoxy) is 2. The van der Waals surface area contributed by atoms with Crippen molar-refractivity contribution in [2.45, 2.75) is 72.1 Å². The molecule has 0 spiro atoms. The van der Waals surface area contributed by atoms with E-state index in [2.05, 4.69) is 41.5 Å². The molecule has 178 valence electrons. The van der Waals surface area contributed by atoms with Gasteiger partial charge in [0.2, 0.25) is 0 Å². The van der Waals surface area contributed by atoms with Gasteiger partial charge in [0.25, 0.3) is 0 Å². The van der Waals surface area contributed by atoms with Gasteiger partial charge in [-0.3, -0.25) is 14.4 Å². The molecule has 0 aliphatic rings. The summed E-state index contributed by atoms with van der Waals surface area (Å²) in [6, 6.07) is 15.0. The Hall–Kier alpha value is -2.95. The molecule has 0 saturated carbocycles. The van der Waals surface area contributed by atoms with Crippen LogP contribution in [-0.4, -0.2) is 24.1 Å². The molecule has 0 heterocycles. The maximum absolute atomic E-state index is 12.6. The quantitative estimate of drug-likeness (QED) is 0.207. The van der Waals surface area contributed by atoms with Crippen molar-refractivity contribution in [1.82, 2.24) is 0 Å². The molecular weight excluding hydrogens is 416 g/mol. The zero-order valence-electron chi connectivity index (χ0n) is 20.9. The van der Waals surface area contributed by atoms with E-state index in [0.717, 1.165) is 11.3 Å². The van der Waals surface area contributed by atoms with Gasteiger partial charge in [-0.05, 0) is 59.6 Å². The van der Waals surface area contributed by atoms with E-state index >= 15 is 0 Å². The largest absolute Gasteiger partial charge is 0.494 e. The monoisotopic (exact) mass is 452 g/mol. The van der Waals surface area contributed by atoms with Crippen LogP contribution in [0.4, 0.5) is 0 Å². The van der Waals surface area contributed by atoms with E-state index in [1.807, 2.05) is 36.4 Å². The number of esters is 1. The second kappa shape index (κ2) is 10.8. The van der Waals surface area contributed by atoms with E-state index < -0.39 is 23.5 Å². The van der Waals surface area contributed by atoms with Gasteiger partial charge in [0.15, 0.2) is 17.5 Å². The zero-order valence-corrected chi connectivity index (χ0v) is 20.9. The van der Waals surface area contributed by atoms with E-state index in [-0.39, 0.29) is 17.3 Å². The van der Waals surface area contributed by atoms with Crippen molar-refractivity contribution >= 4 is 17.5 Å². The van der Waals surface area contributed by atoms with Crippen LogP contribution >= 0.6 is 0 Å². The summed E-state index contributed by atoms with van der Waals surface area (Å²) in [7, 11) is 0. The number of rotatable bonds is 9. The Morgan fingerprint density at radius 3 is 1.64 bits per heavy atom. The third-order valence-electron chi connectivity index (χ3n) is 5.46. The number of hydrogen-bond donors (Lipinski definition) is 0. The van der Waals surface area contributed by atoms with Crippen molar-refractivity contribution in [1.29, 1.82) is 0 Å². The molecule has 0 amide bonds. The molecule has 2 aromatic rings. The Balaban J connectivity index is 1.89. The molecule has 0 N–H and O–H groups in total. The van der Waals surface area contributed by atoms with Crippen molar-refractivity contribution in [3.05, 3.63) is 59.7 Å². The van der Waals surface area contributed by atoms with Gasteiger partial charge in [-0.1, -0.05) is 65.8 Å². The average Bonchev–Trinajstić information content (AvgIpc) is 2.70. The summed E-state index contributed by atoms with van der Waals surface area (Å²) < 4.78 is 11.0. The summed E-state index contributed by atoms with van der Waals surface area (Å²) in [5.41, 5.74) is 2.34. The molecule has 0 aromatic heterocycles. The van der Waals surface area contributed by atoms with E-state index in [4.69, 9.17) is 9.47 Å². The van der Waals surface area contributed by atoms with Crippen LogP contribution in [-0.2, 0) is 25.2 Å². The van der Waals surface area contributed by atoms with Crippen LogP contribution in [0.3, 0.4) is 0 Å². The molecule has 0 saturated heterocycles. The highest BCUT2D eigenvalue weighted by Crippen LogP contribution is 2.26.